The summed E-state index contributed by atoms with van der Waals surface area (Å²) in [6, 6.07) is 14.1. The lowest BCUT2D eigenvalue weighted by Crippen LogP contribution is -2.21. The molecule has 2 aromatic rings. The summed E-state index contributed by atoms with van der Waals surface area (Å²) in [6.45, 7) is -0.0925. The maximum absolute atomic E-state index is 11.9. The molecule has 0 aromatic heterocycles. The number of halogens is 1. The molecular weight excluding hydrogens is 395 g/mol. The van der Waals surface area contributed by atoms with E-state index in [-0.39, 0.29) is 18.4 Å². The fourth-order valence-electron chi connectivity index (χ4n) is 1.76. The maximum Gasteiger partial charge on any atom is 0.262 e. The molecule has 0 atom stereocenters. The van der Waals surface area contributed by atoms with E-state index < -0.39 is 0 Å². The third kappa shape index (κ3) is 4.73. The number of benzene rings is 2. The highest BCUT2D eigenvalue weighted by atomic mass is 127. The largest absolute Gasteiger partial charge is 0.484 e. The first-order chi connectivity index (χ1) is 10.6. The van der Waals surface area contributed by atoms with E-state index in [1.54, 1.807) is 43.4 Å². The number of ether oxygens (including phenoxy) is 1. The van der Waals surface area contributed by atoms with Gasteiger partial charge in [-0.3, -0.25) is 9.59 Å². The Morgan fingerprint density at radius 2 is 1.86 bits per heavy atom. The minimum atomic E-state index is -0.285. The second-order valence-electron chi connectivity index (χ2n) is 4.45. The van der Waals surface area contributed by atoms with Crippen LogP contribution in [0.5, 0.6) is 5.75 Å². The number of hydrogen-bond donors (Lipinski definition) is 2. The van der Waals surface area contributed by atoms with Crippen molar-refractivity contribution >= 4 is 40.1 Å². The predicted octanol–water partition coefficient (Wildman–Crippen LogP) is 2.67. The van der Waals surface area contributed by atoms with Gasteiger partial charge in [-0.05, 0) is 65.1 Å². The second kappa shape index (κ2) is 7.79. The molecule has 2 N–H and O–H groups in total. The van der Waals surface area contributed by atoms with E-state index >= 15 is 0 Å². The molecule has 2 aromatic carbocycles. The molecule has 0 saturated carbocycles. The van der Waals surface area contributed by atoms with Gasteiger partial charge >= 0.3 is 0 Å². The summed E-state index contributed by atoms with van der Waals surface area (Å²) in [6.07, 6.45) is 0. The van der Waals surface area contributed by atoms with E-state index in [2.05, 4.69) is 33.2 Å². The number of hydrogen-bond acceptors (Lipinski definition) is 3. The fourth-order valence-corrected chi connectivity index (χ4v) is 2.12. The molecule has 0 bridgehead atoms. The molecule has 0 radical (unpaired) electrons. The molecule has 0 fully saturated rings. The molecule has 114 valence electrons. The van der Waals surface area contributed by atoms with Gasteiger partial charge in [-0.1, -0.05) is 6.07 Å². The van der Waals surface area contributed by atoms with Crippen molar-refractivity contribution in [2.45, 2.75) is 0 Å². The summed E-state index contributed by atoms with van der Waals surface area (Å²) in [7, 11) is 1.56. The van der Waals surface area contributed by atoms with Gasteiger partial charge in [0.05, 0.1) is 0 Å². The van der Waals surface area contributed by atoms with Crippen LogP contribution < -0.4 is 15.4 Å². The molecule has 22 heavy (non-hydrogen) atoms. The molecule has 0 aliphatic heterocycles. The average Bonchev–Trinajstić information content (AvgIpc) is 2.54. The number of carbonyl (C=O) groups excluding carboxylic acids is 2. The van der Waals surface area contributed by atoms with Crippen molar-refractivity contribution in [1.29, 1.82) is 0 Å². The van der Waals surface area contributed by atoms with Gasteiger partial charge in [0.15, 0.2) is 6.61 Å². The van der Waals surface area contributed by atoms with Gasteiger partial charge < -0.3 is 15.4 Å². The van der Waals surface area contributed by atoms with Gasteiger partial charge in [0.1, 0.15) is 5.75 Å². The smallest absolute Gasteiger partial charge is 0.262 e. The van der Waals surface area contributed by atoms with Crippen LogP contribution in [-0.2, 0) is 4.79 Å². The Morgan fingerprint density at radius 3 is 2.55 bits per heavy atom. The van der Waals surface area contributed by atoms with Crippen molar-refractivity contribution in [2.75, 3.05) is 19.0 Å². The molecule has 0 aliphatic carbocycles. The lowest BCUT2D eigenvalue weighted by atomic mass is 10.2. The van der Waals surface area contributed by atoms with Crippen LogP contribution in [0.15, 0.2) is 48.5 Å². The Balaban J connectivity index is 1.91. The van der Waals surface area contributed by atoms with Gasteiger partial charge in [0.25, 0.3) is 11.8 Å². The van der Waals surface area contributed by atoms with Crippen LogP contribution in [0.1, 0.15) is 10.4 Å². The second-order valence-corrected chi connectivity index (χ2v) is 5.70. The summed E-state index contributed by atoms with van der Waals surface area (Å²) in [5.74, 6) is 0.147. The van der Waals surface area contributed by atoms with Gasteiger partial charge in [-0.15, -0.1) is 0 Å². The number of nitrogens with one attached hydrogen (secondary N) is 2. The molecule has 6 heteroatoms. The van der Waals surface area contributed by atoms with E-state index in [0.29, 0.717) is 17.0 Å². The van der Waals surface area contributed by atoms with Crippen molar-refractivity contribution in [3.8, 4) is 5.75 Å². The Morgan fingerprint density at radius 1 is 1.14 bits per heavy atom. The lowest BCUT2D eigenvalue weighted by Gasteiger charge is -2.08. The molecule has 2 amide bonds. The first kappa shape index (κ1) is 16.3. The number of anilines is 1. The van der Waals surface area contributed by atoms with E-state index in [1.807, 2.05) is 12.1 Å². The summed E-state index contributed by atoms with van der Waals surface area (Å²) in [4.78, 5) is 23.4. The zero-order chi connectivity index (χ0) is 15.9. The van der Waals surface area contributed by atoms with E-state index in [4.69, 9.17) is 4.74 Å². The average molecular weight is 410 g/mol. The quantitative estimate of drug-likeness (QED) is 0.745. The van der Waals surface area contributed by atoms with Crippen LogP contribution in [0, 0.1) is 3.57 Å². The van der Waals surface area contributed by atoms with Crippen molar-refractivity contribution in [3.63, 3.8) is 0 Å². The lowest BCUT2D eigenvalue weighted by molar-refractivity contribution is -0.118. The van der Waals surface area contributed by atoms with E-state index in [0.717, 1.165) is 3.57 Å². The summed E-state index contributed by atoms with van der Waals surface area (Å²) in [5.41, 5.74) is 1.04. The fraction of sp³-hybridized carbons (Fsp3) is 0.125. The number of amides is 2. The Kier molecular flexibility index (Phi) is 5.76. The number of rotatable bonds is 5. The Labute approximate surface area is 142 Å². The first-order valence-electron chi connectivity index (χ1n) is 6.59. The highest BCUT2D eigenvalue weighted by Gasteiger charge is 2.07. The molecular formula is C16H15IN2O3. The molecule has 2 rings (SSSR count). The summed E-state index contributed by atoms with van der Waals surface area (Å²) in [5, 5.41) is 5.23. The van der Waals surface area contributed by atoms with Crippen LogP contribution in [0.2, 0.25) is 0 Å². The van der Waals surface area contributed by atoms with Gasteiger partial charge in [-0.25, -0.2) is 0 Å². The van der Waals surface area contributed by atoms with Crippen molar-refractivity contribution < 1.29 is 14.3 Å². The van der Waals surface area contributed by atoms with Crippen LogP contribution in [0.3, 0.4) is 0 Å². The van der Waals surface area contributed by atoms with E-state index in [9.17, 15) is 9.59 Å². The zero-order valence-corrected chi connectivity index (χ0v) is 14.1. The van der Waals surface area contributed by atoms with Crippen molar-refractivity contribution in [2.24, 2.45) is 0 Å². The van der Waals surface area contributed by atoms with Crippen LogP contribution in [-0.4, -0.2) is 25.5 Å². The van der Waals surface area contributed by atoms with Gasteiger partial charge in [0.2, 0.25) is 0 Å². The molecule has 0 spiro atoms. The minimum absolute atomic E-state index is 0.0925. The van der Waals surface area contributed by atoms with Crippen LogP contribution in [0.25, 0.3) is 0 Å². The third-order valence-corrected chi connectivity index (χ3v) is 3.54. The topological polar surface area (TPSA) is 67.4 Å². The zero-order valence-electron chi connectivity index (χ0n) is 11.9. The molecule has 0 heterocycles. The SMILES string of the molecule is CNC(=O)c1cccc(NC(=O)COc2ccc(I)cc2)c1. The highest BCUT2D eigenvalue weighted by molar-refractivity contribution is 14.1. The monoisotopic (exact) mass is 410 g/mol. The van der Waals surface area contributed by atoms with Crippen LogP contribution >= 0.6 is 22.6 Å². The summed E-state index contributed by atoms with van der Waals surface area (Å²) < 4.78 is 6.50. The maximum atomic E-state index is 11.9. The Hall–Kier alpha value is -2.09. The standard InChI is InChI=1S/C16H15IN2O3/c1-18-16(21)11-3-2-4-13(9-11)19-15(20)10-22-14-7-5-12(17)6-8-14/h2-9H,10H2,1H3,(H,18,21)(H,19,20). The Bertz CT molecular complexity index is 671. The predicted molar refractivity (Wildman–Crippen MR) is 93.1 cm³/mol. The minimum Gasteiger partial charge on any atom is -0.484 e. The molecule has 5 nitrogen and oxygen atoms in total. The molecule has 0 unspecified atom stereocenters. The van der Waals surface area contributed by atoms with Crippen LogP contribution in [0.4, 0.5) is 5.69 Å². The number of carbonyl (C=O) groups is 2. The first-order valence-corrected chi connectivity index (χ1v) is 7.67. The third-order valence-electron chi connectivity index (χ3n) is 2.82. The van der Waals surface area contributed by atoms with Crippen molar-refractivity contribution in [1.82, 2.24) is 5.32 Å². The van der Waals surface area contributed by atoms with Gasteiger partial charge in [0, 0.05) is 21.9 Å². The summed E-state index contributed by atoms with van der Waals surface area (Å²) >= 11 is 2.20. The van der Waals surface area contributed by atoms with Gasteiger partial charge in [-0.2, -0.15) is 0 Å². The highest BCUT2D eigenvalue weighted by Crippen LogP contribution is 2.14. The molecule has 0 saturated heterocycles. The van der Waals surface area contributed by atoms with Crippen molar-refractivity contribution in [3.05, 3.63) is 57.7 Å². The van der Waals surface area contributed by atoms with E-state index in [1.165, 1.54) is 0 Å². The normalized spacial score (nSPS) is 9.91. The molecule has 0 aliphatic rings.